The maximum absolute atomic E-state index is 12.2. The van der Waals surface area contributed by atoms with Crippen LogP contribution in [0.1, 0.15) is 15.4 Å². The first kappa shape index (κ1) is 14.0. The van der Waals surface area contributed by atoms with E-state index in [2.05, 4.69) is 20.6 Å². The van der Waals surface area contributed by atoms with E-state index < -0.39 is 0 Å². The number of rotatable bonds is 4. The summed E-state index contributed by atoms with van der Waals surface area (Å²) in [5.74, 6) is -0.0993. The lowest BCUT2D eigenvalue weighted by Gasteiger charge is -2.05. The van der Waals surface area contributed by atoms with Crippen LogP contribution < -0.4 is 10.2 Å². The normalized spacial score (nSPS) is 11.0. The van der Waals surface area contributed by atoms with Crippen molar-refractivity contribution >= 4 is 43.2 Å². The maximum atomic E-state index is 12.2. The molecule has 0 saturated heterocycles. The largest absolute Gasteiger partial charge is 0.354 e. The van der Waals surface area contributed by atoms with Gasteiger partial charge in [0.05, 0.1) is 28.0 Å². The quantitative estimate of drug-likeness (QED) is 0.787. The standard InChI is InChI=1S/C12H14N6OS2/c1-17(2)12-15-11-9(21-12)4-8(20-11)10(19)13-5-7-6-14-16-18(7)3/h4,6H,5H2,1-3H3,(H,13,19). The number of hydrogen-bond acceptors (Lipinski definition) is 7. The summed E-state index contributed by atoms with van der Waals surface area (Å²) in [4.78, 5) is 20.2. The Morgan fingerprint density at radius 1 is 1.43 bits per heavy atom. The first-order valence-corrected chi connectivity index (χ1v) is 7.87. The van der Waals surface area contributed by atoms with Crippen molar-refractivity contribution in [3.05, 3.63) is 22.8 Å². The van der Waals surface area contributed by atoms with Gasteiger partial charge in [-0.3, -0.25) is 9.48 Å². The summed E-state index contributed by atoms with van der Waals surface area (Å²) in [5, 5.41) is 11.4. The number of fused-ring (bicyclic) bond motifs is 1. The molecule has 110 valence electrons. The fraction of sp³-hybridized carbons (Fsp3) is 0.333. The molecule has 21 heavy (non-hydrogen) atoms. The Balaban J connectivity index is 1.72. The van der Waals surface area contributed by atoms with Gasteiger partial charge in [0.15, 0.2) is 5.13 Å². The van der Waals surface area contributed by atoms with Gasteiger partial charge < -0.3 is 10.2 Å². The van der Waals surface area contributed by atoms with Crippen molar-refractivity contribution in [1.82, 2.24) is 25.3 Å². The van der Waals surface area contributed by atoms with Gasteiger partial charge in [-0.2, -0.15) is 0 Å². The van der Waals surface area contributed by atoms with E-state index in [1.165, 1.54) is 11.3 Å². The molecule has 0 bridgehead atoms. The number of hydrogen-bond donors (Lipinski definition) is 1. The SMILES string of the molecule is CN(C)c1nc2sc(C(=O)NCc3cnnn3C)cc2s1. The Labute approximate surface area is 129 Å². The van der Waals surface area contributed by atoms with Gasteiger partial charge in [-0.1, -0.05) is 16.6 Å². The van der Waals surface area contributed by atoms with Gasteiger partial charge in [-0.25, -0.2) is 4.98 Å². The number of thiophene rings is 1. The highest BCUT2D eigenvalue weighted by Crippen LogP contribution is 2.33. The van der Waals surface area contributed by atoms with Crippen molar-refractivity contribution in [3.63, 3.8) is 0 Å². The molecule has 9 heteroatoms. The van der Waals surface area contributed by atoms with Crippen LogP contribution in [0.3, 0.4) is 0 Å². The molecule has 1 amide bonds. The van der Waals surface area contributed by atoms with E-state index in [1.807, 2.05) is 25.1 Å². The van der Waals surface area contributed by atoms with E-state index in [9.17, 15) is 4.79 Å². The van der Waals surface area contributed by atoms with E-state index >= 15 is 0 Å². The summed E-state index contributed by atoms with van der Waals surface area (Å²) in [5.41, 5.74) is 0.856. The van der Waals surface area contributed by atoms with Crippen LogP contribution in [0.4, 0.5) is 5.13 Å². The smallest absolute Gasteiger partial charge is 0.261 e. The van der Waals surface area contributed by atoms with E-state index in [0.29, 0.717) is 11.4 Å². The molecular weight excluding hydrogens is 308 g/mol. The minimum Gasteiger partial charge on any atom is -0.354 e. The number of aromatic nitrogens is 4. The highest BCUT2D eigenvalue weighted by molar-refractivity contribution is 7.29. The summed E-state index contributed by atoms with van der Waals surface area (Å²) in [7, 11) is 5.71. The minimum absolute atomic E-state index is 0.0993. The number of thiazole rings is 1. The number of anilines is 1. The highest BCUT2D eigenvalue weighted by atomic mass is 32.1. The second-order valence-corrected chi connectivity index (χ2v) is 6.74. The molecule has 0 aliphatic rings. The molecule has 0 spiro atoms. The monoisotopic (exact) mass is 322 g/mol. The molecule has 0 aromatic carbocycles. The van der Waals surface area contributed by atoms with E-state index in [0.717, 1.165) is 20.4 Å². The van der Waals surface area contributed by atoms with Crippen LogP contribution in [0.25, 0.3) is 9.53 Å². The molecule has 0 unspecified atom stereocenters. The second-order valence-electron chi connectivity index (χ2n) is 4.70. The third-order valence-electron chi connectivity index (χ3n) is 2.92. The summed E-state index contributed by atoms with van der Waals surface area (Å²) in [6, 6.07) is 1.89. The zero-order valence-electron chi connectivity index (χ0n) is 11.8. The molecular formula is C12H14N6OS2. The lowest BCUT2D eigenvalue weighted by atomic mass is 10.4. The zero-order chi connectivity index (χ0) is 15.0. The van der Waals surface area contributed by atoms with Crippen LogP contribution in [-0.4, -0.2) is 40.0 Å². The first-order chi connectivity index (χ1) is 10.0. The molecule has 0 fully saturated rings. The molecule has 3 aromatic heterocycles. The van der Waals surface area contributed by atoms with Gasteiger partial charge in [-0.05, 0) is 6.07 Å². The summed E-state index contributed by atoms with van der Waals surface area (Å²) in [6.45, 7) is 0.407. The Hall–Kier alpha value is -2.00. The molecule has 3 heterocycles. The highest BCUT2D eigenvalue weighted by Gasteiger charge is 2.15. The molecule has 0 atom stereocenters. The maximum Gasteiger partial charge on any atom is 0.261 e. The summed E-state index contributed by atoms with van der Waals surface area (Å²) >= 11 is 2.99. The fourth-order valence-electron chi connectivity index (χ4n) is 1.76. The summed E-state index contributed by atoms with van der Waals surface area (Å²) in [6.07, 6.45) is 1.64. The van der Waals surface area contributed by atoms with Crippen molar-refractivity contribution in [2.24, 2.45) is 7.05 Å². The predicted octanol–water partition coefficient (Wildman–Crippen LogP) is 1.48. The molecule has 0 aliphatic heterocycles. The Morgan fingerprint density at radius 3 is 2.86 bits per heavy atom. The third-order valence-corrected chi connectivity index (χ3v) is 5.25. The predicted molar refractivity (Wildman–Crippen MR) is 84.0 cm³/mol. The fourth-order valence-corrected chi connectivity index (χ4v) is 3.81. The number of carbonyl (C=O) groups is 1. The number of amides is 1. The van der Waals surface area contributed by atoms with E-state index in [4.69, 9.17) is 0 Å². The van der Waals surface area contributed by atoms with Crippen LogP contribution in [0.2, 0.25) is 0 Å². The zero-order valence-corrected chi connectivity index (χ0v) is 13.5. The van der Waals surface area contributed by atoms with E-state index in [1.54, 1.807) is 29.3 Å². The number of nitrogens with one attached hydrogen (secondary N) is 1. The lowest BCUT2D eigenvalue weighted by molar-refractivity contribution is 0.0954. The molecule has 3 aromatic rings. The Bertz CT molecular complexity index is 755. The Morgan fingerprint density at radius 2 is 2.24 bits per heavy atom. The minimum atomic E-state index is -0.0993. The van der Waals surface area contributed by atoms with Crippen LogP contribution in [0, 0.1) is 0 Å². The van der Waals surface area contributed by atoms with Gasteiger partial charge in [0.25, 0.3) is 5.91 Å². The van der Waals surface area contributed by atoms with Crippen molar-refractivity contribution in [2.75, 3.05) is 19.0 Å². The van der Waals surface area contributed by atoms with Gasteiger partial charge >= 0.3 is 0 Å². The molecule has 0 saturated carbocycles. The van der Waals surface area contributed by atoms with Gasteiger partial charge in [-0.15, -0.1) is 16.4 Å². The van der Waals surface area contributed by atoms with Crippen LogP contribution >= 0.6 is 22.7 Å². The van der Waals surface area contributed by atoms with Crippen LogP contribution in [-0.2, 0) is 13.6 Å². The topological polar surface area (TPSA) is 75.9 Å². The van der Waals surface area contributed by atoms with Crippen LogP contribution in [0.15, 0.2) is 12.3 Å². The molecule has 7 nitrogen and oxygen atoms in total. The number of nitrogens with zero attached hydrogens (tertiary/aromatic N) is 5. The third kappa shape index (κ3) is 2.74. The average Bonchev–Trinajstić information content (AvgIpc) is 3.09. The molecule has 0 aliphatic carbocycles. The molecule has 0 radical (unpaired) electrons. The van der Waals surface area contributed by atoms with Gasteiger partial charge in [0.2, 0.25) is 0 Å². The number of aryl methyl sites for hydroxylation is 1. The van der Waals surface area contributed by atoms with Crippen molar-refractivity contribution < 1.29 is 4.79 Å². The van der Waals surface area contributed by atoms with E-state index in [-0.39, 0.29) is 5.91 Å². The van der Waals surface area contributed by atoms with Crippen LogP contribution in [0.5, 0.6) is 0 Å². The number of carbonyl (C=O) groups excluding carboxylic acids is 1. The summed E-state index contributed by atoms with van der Waals surface area (Å²) < 4.78 is 2.68. The molecule has 1 N–H and O–H groups in total. The van der Waals surface area contributed by atoms with Crippen molar-refractivity contribution in [3.8, 4) is 0 Å². The molecule has 3 rings (SSSR count). The second kappa shape index (κ2) is 5.41. The van der Waals surface area contributed by atoms with Gasteiger partial charge in [0, 0.05) is 21.1 Å². The van der Waals surface area contributed by atoms with Gasteiger partial charge in [0.1, 0.15) is 4.83 Å². The first-order valence-electron chi connectivity index (χ1n) is 6.24. The Kier molecular flexibility index (Phi) is 3.60. The van der Waals surface area contributed by atoms with Crippen molar-refractivity contribution in [2.45, 2.75) is 6.54 Å². The average molecular weight is 322 g/mol. The van der Waals surface area contributed by atoms with Crippen molar-refractivity contribution in [1.29, 1.82) is 0 Å². The lowest BCUT2D eigenvalue weighted by Crippen LogP contribution is -2.23.